The first-order valence-electron chi connectivity index (χ1n) is 7.37. The average molecular weight is 427 g/mol. The first kappa shape index (κ1) is 21.0. The molecule has 0 bridgehead atoms. The Morgan fingerprint density at radius 3 is 2.21 bits per heavy atom. The fourth-order valence-corrected chi connectivity index (χ4v) is 2.37. The number of carboxylic acid groups (broad SMARTS) is 1. The Morgan fingerprint density at radius 1 is 1.04 bits per heavy atom. The fraction of sp³-hybridized carbons (Fsp3) is 0.533. The van der Waals surface area contributed by atoms with Gasteiger partial charge in [0, 0.05) is 11.6 Å². The van der Waals surface area contributed by atoms with E-state index in [9.17, 15) is 4.79 Å². The van der Waals surface area contributed by atoms with Crippen LogP contribution < -0.4 is 10.1 Å². The topological polar surface area (TPSA) is 86.3 Å². The van der Waals surface area contributed by atoms with E-state index in [1.54, 1.807) is 18.2 Å². The number of hydrogen-bond acceptors (Lipinski definition) is 5. The number of nitrogens with one attached hydrogen (secondary N) is 1. The van der Waals surface area contributed by atoms with Crippen LogP contribution in [0.15, 0.2) is 22.7 Å². The van der Waals surface area contributed by atoms with E-state index < -0.39 is 6.09 Å². The van der Waals surface area contributed by atoms with E-state index in [1.165, 1.54) is 0 Å². The quantitative estimate of drug-likeness (QED) is 0.472. The Kier molecular flexibility index (Phi) is 11.6. The van der Waals surface area contributed by atoms with Gasteiger partial charge in [-0.15, -0.1) is 0 Å². The van der Waals surface area contributed by atoms with Crippen molar-refractivity contribution in [1.82, 2.24) is 5.32 Å². The lowest BCUT2D eigenvalue weighted by atomic mass is 10.3. The summed E-state index contributed by atoms with van der Waals surface area (Å²) in [6.45, 7) is 3.24. The summed E-state index contributed by atoms with van der Waals surface area (Å²) in [4.78, 5) is 10.2. The Hall–Kier alpha value is -1.06. The van der Waals surface area contributed by atoms with Crippen LogP contribution >= 0.6 is 27.5 Å². The highest BCUT2D eigenvalue weighted by molar-refractivity contribution is 9.10. The number of amides is 1. The second kappa shape index (κ2) is 13.3. The third kappa shape index (κ3) is 10.7. The van der Waals surface area contributed by atoms with Crippen LogP contribution in [0.25, 0.3) is 0 Å². The van der Waals surface area contributed by atoms with E-state index >= 15 is 0 Å². The van der Waals surface area contributed by atoms with Crippen LogP contribution in [0.1, 0.15) is 0 Å². The normalized spacial score (nSPS) is 10.6. The maximum Gasteiger partial charge on any atom is 0.404 e. The summed E-state index contributed by atoms with van der Waals surface area (Å²) >= 11 is 9.22. The van der Waals surface area contributed by atoms with Crippen molar-refractivity contribution < 1.29 is 28.8 Å². The molecule has 24 heavy (non-hydrogen) atoms. The zero-order valence-electron chi connectivity index (χ0n) is 13.1. The number of halogens is 2. The van der Waals surface area contributed by atoms with Crippen molar-refractivity contribution in [3.05, 3.63) is 27.7 Å². The Morgan fingerprint density at radius 2 is 1.62 bits per heavy atom. The van der Waals surface area contributed by atoms with E-state index in [0.29, 0.717) is 57.0 Å². The molecule has 0 fully saturated rings. The van der Waals surface area contributed by atoms with Gasteiger partial charge in [-0.05, 0) is 34.1 Å². The molecule has 9 heteroatoms. The monoisotopic (exact) mass is 425 g/mol. The van der Waals surface area contributed by atoms with E-state index in [1.807, 2.05) is 0 Å². The Labute approximate surface area is 154 Å². The third-order valence-corrected chi connectivity index (χ3v) is 3.50. The van der Waals surface area contributed by atoms with Crippen LogP contribution in [-0.4, -0.2) is 64.0 Å². The Bertz CT molecular complexity index is 491. The number of hydrogen-bond donors (Lipinski definition) is 2. The van der Waals surface area contributed by atoms with Crippen molar-refractivity contribution in [2.75, 3.05) is 52.8 Å². The largest absolute Gasteiger partial charge is 0.490 e. The maximum absolute atomic E-state index is 10.2. The molecule has 1 aromatic carbocycles. The van der Waals surface area contributed by atoms with Gasteiger partial charge in [0.15, 0.2) is 0 Å². The van der Waals surface area contributed by atoms with Crippen molar-refractivity contribution in [2.45, 2.75) is 0 Å². The molecule has 0 heterocycles. The molecule has 7 nitrogen and oxygen atoms in total. The molecule has 0 aliphatic heterocycles. The summed E-state index contributed by atoms with van der Waals surface area (Å²) in [5.74, 6) is 0.716. The van der Waals surface area contributed by atoms with Gasteiger partial charge < -0.3 is 29.4 Å². The van der Waals surface area contributed by atoms with Crippen molar-refractivity contribution in [1.29, 1.82) is 0 Å². The summed E-state index contributed by atoms with van der Waals surface area (Å²) in [7, 11) is 0. The molecule has 1 amide bonds. The highest BCUT2D eigenvalue weighted by Crippen LogP contribution is 2.27. The van der Waals surface area contributed by atoms with Gasteiger partial charge in [-0.25, -0.2) is 4.79 Å². The summed E-state index contributed by atoms with van der Waals surface area (Å²) in [6, 6.07) is 5.32. The highest BCUT2D eigenvalue weighted by atomic mass is 79.9. The van der Waals surface area contributed by atoms with Gasteiger partial charge in [-0.1, -0.05) is 11.6 Å². The minimum atomic E-state index is -1.06. The molecule has 0 saturated carbocycles. The van der Waals surface area contributed by atoms with Crippen molar-refractivity contribution in [3.63, 3.8) is 0 Å². The molecule has 0 saturated heterocycles. The Balaban J connectivity index is 1.86. The van der Waals surface area contributed by atoms with Crippen molar-refractivity contribution in [2.24, 2.45) is 0 Å². The van der Waals surface area contributed by atoms with Crippen LogP contribution in [-0.2, 0) is 14.2 Å². The number of rotatable bonds is 13. The zero-order valence-corrected chi connectivity index (χ0v) is 15.5. The third-order valence-electron chi connectivity index (χ3n) is 2.65. The molecular formula is C15H21BrClNO6. The van der Waals surface area contributed by atoms with Crippen LogP contribution in [0.2, 0.25) is 5.02 Å². The van der Waals surface area contributed by atoms with Crippen LogP contribution in [0.4, 0.5) is 4.79 Å². The maximum atomic E-state index is 10.2. The first-order valence-corrected chi connectivity index (χ1v) is 8.54. The minimum absolute atomic E-state index is 0.266. The van der Waals surface area contributed by atoms with Gasteiger partial charge in [-0.3, -0.25) is 0 Å². The van der Waals surface area contributed by atoms with Gasteiger partial charge in [-0.2, -0.15) is 0 Å². The van der Waals surface area contributed by atoms with Gasteiger partial charge >= 0.3 is 6.09 Å². The minimum Gasteiger partial charge on any atom is -0.490 e. The van der Waals surface area contributed by atoms with Gasteiger partial charge in [0.2, 0.25) is 0 Å². The fourth-order valence-electron chi connectivity index (χ4n) is 1.57. The summed E-state index contributed by atoms with van der Waals surface area (Å²) in [6.07, 6.45) is -1.06. The van der Waals surface area contributed by atoms with Crippen LogP contribution in [0.5, 0.6) is 5.75 Å². The molecular weight excluding hydrogens is 406 g/mol. The van der Waals surface area contributed by atoms with Crippen molar-refractivity contribution in [3.8, 4) is 5.75 Å². The molecule has 136 valence electrons. The van der Waals surface area contributed by atoms with Crippen LogP contribution in [0, 0.1) is 0 Å². The van der Waals surface area contributed by atoms with Gasteiger partial charge in [0.1, 0.15) is 12.4 Å². The molecule has 1 aromatic rings. The summed E-state index contributed by atoms with van der Waals surface area (Å²) in [5.41, 5.74) is 0. The molecule has 0 aliphatic carbocycles. The van der Waals surface area contributed by atoms with E-state index in [0.717, 1.165) is 4.47 Å². The van der Waals surface area contributed by atoms with Gasteiger partial charge in [0.25, 0.3) is 0 Å². The summed E-state index contributed by atoms with van der Waals surface area (Å²) in [5, 5.41) is 11.2. The highest BCUT2D eigenvalue weighted by Gasteiger charge is 2.01. The zero-order chi connectivity index (χ0) is 17.6. The molecule has 0 spiro atoms. The predicted octanol–water partition coefficient (Wildman–Crippen LogP) is 2.80. The number of ether oxygens (including phenoxy) is 4. The molecule has 0 aliphatic rings. The average Bonchev–Trinajstić information content (AvgIpc) is 2.53. The second-order valence-corrected chi connectivity index (χ2v) is 5.78. The second-order valence-electron chi connectivity index (χ2n) is 4.49. The van der Waals surface area contributed by atoms with Crippen LogP contribution in [0.3, 0.4) is 0 Å². The van der Waals surface area contributed by atoms with E-state index in [2.05, 4.69) is 21.2 Å². The lowest BCUT2D eigenvalue weighted by Crippen LogP contribution is -2.25. The molecule has 1 rings (SSSR count). The predicted molar refractivity (Wildman–Crippen MR) is 93.1 cm³/mol. The van der Waals surface area contributed by atoms with Crippen molar-refractivity contribution >= 4 is 33.6 Å². The smallest absolute Gasteiger partial charge is 0.404 e. The molecule has 0 aromatic heterocycles. The molecule has 0 radical (unpaired) electrons. The number of carbonyl (C=O) groups is 1. The lowest BCUT2D eigenvalue weighted by molar-refractivity contribution is 0.00989. The van der Waals surface area contributed by atoms with E-state index in [-0.39, 0.29) is 6.54 Å². The SMILES string of the molecule is O=C(O)NCCOCCOCCOCCOc1ccc(Cl)cc1Br. The lowest BCUT2D eigenvalue weighted by Gasteiger charge is -2.09. The van der Waals surface area contributed by atoms with Gasteiger partial charge in [0.05, 0.1) is 44.1 Å². The first-order chi connectivity index (χ1) is 11.6. The van der Waals surface area contributed by atoms with E-state index in [4.69, 9.17) is 35.7 Å². The molecule has 0 unspecified atom stereocenters. The standard InChI is InChI=1S/C15H21BrClNO6/c16-13-11-12(17)1-2-14(13)24-10-9-23-8-7-22-6-5-21-4-3-18-15(19)20/h1-2,11,18H,3-10H2,(H,19,20). The number of benzene rings is 1. The summed E-state index contributed by atoms with van der Waals surface area (Å²) < 4.78 is 22.2. The molecule has 0 atom stereocenters. The molecule has 2 N–H and O–H groups in total.